The van der Waals surface area contributed by atoms with Gasteiger partial charge in [0.1, 0.15) is 5.82 Å². The van der Waals surface area contributed by atoms with Gasteiger partial charge in [-0.15, -0.1) is 0 Å². The van der Waals surface area contributed by atoms with Crippen LogP contribution >= 0.6 is 0 Å². The van der Waals surface area contributed by atoms with Crippen LogP contribution in [0.3, 0.4) is 0 Å². The number of nitrogens with zero attached hydrogens (tertiary/aromatic N) is 2. The molecule has 4 nitrogen and oxygen atoms in total. The molecule has 15 heavy (non-hydrogen) atoms. The van der Waals surface area contributed by atoms with Crippen LogP contribution in [0.15, 0.2) is 12.3 Å². The molecule has 1 aromatic rings. The average molecular weight is 207 g/mol. The molecule has 1 fully saturated rings. The van der Waals surface area contributed by atoms with Crippen molar-refractivity contribution >= 4 is 11.5 Å². The van der Waals surface area contributed by atoms with Gasteiger partial charge in [-0.3, -0.25) is 0 Å². The smallest absolute Gasteiger partial charge is 0.130 e. The number of hydrogen-bond acceptors (Lipinski definition) is 4. The summed E-state index contributed by atoms with van der Waals surface area (Å²) in [5, 5.41) is 9.85. The molecular formula is C11H17N3O. The molecule has 1 atom stereocenters. The second-order valence-corrected chi connectivity index (χ2v) is 4.57. The van der Waals surface area contributed by atoms with E-state index in [9.17, 15) is 5.11 Å². The lowest BCUT2D eigenvalue weighted by Gasteiger charge is -2.20. The van der Waals surface area contributed by atoms with Crippen molar-refractivity contribution in [1.29, 1.82) is 0 Å². The van der Waals surface area contributed by atoms with Gasteiger partial charge in [0, 0.05) is 31.0 Å². The minimum atomic E-state index is -0.596. The maximum atomic E-state index is 9.85. The molecule has 0 amide bonds. The van der Waals surface area contributed by atoms with Crippen LogP contribution in [0.5, 0.6) is 0 Å². The summed E-state index contributed by atoms with van der Waals surface area (Å²) in [6.45, 7) is 5.25. The van der Waals surface area contributed by atoms with Crippen molar-refractivity contribution in [3.05, 3.63) is 17.8 Å². The topological polar surface area (TPSA) is 62.4 Å². The van der Waals surface area contributed by atoms with Gasteiger partial charge >= 0.3 is 0 Å². The van der Waals surface area contributed by atoms with Crippen molar-refractivity contribution in [1.82, 2.24) is 4.98 Å². The molecule has 1 aliphatic heterocycles. The van der Waals surface area contributed by atoms with Crippen molar-refractivity contribution in [2.75, 3.05) is 23.7 Å². The zero-order valence-corrected chi connectivity index (χ0v) is 9.20. The minimum Gasteiger partial charge on any atom is -0.398 e. The number of β-amino-alcohol motifs (C(OH)–C–C–N with tert-alkyl or cyclic N) is 1. The Bertz CT molecular complexity index is 376. The van der Waals surface area contributed by atoms with E-state index in [1.165, 1.54) is 0 Å². The van der Waals surface area contributed by atoms with E-state index >= 15 is 0 Å². The summed E-state index contributed by atoms with van der Waals surface area (Å²) in [6, 6.07) is 1.87. The van der Waals surface area contributed by atoms with Gasteiger partial charge < -0.3 is 15.7 Å². The second kappa shape index (κ2) is 3.38. The number of aliphatic hydroxyl groups is 1. The number of aryl methyl sites for hydroxylation is 1. The highest BCUT2D eigenvalue weighted by Crippen LogP contribution is 2.26. The van der Waals surface area contributed by atoms with E-state index in [1.54, 1.807) is 6.20 Å². The first-order valence-electron chi connectivity index (χ1n) is 5.17. The Balaban J connectivity index is 2.21. The summed E-state index contributed by atoms with van der Waals surface area (Å²) in [7, 11) is 0. The van der Waals surface area contributed by atoms with Gasteiger partial charge in [-0.25, -0.2) is 4.98 Å². The molecule has 0 aliphatic carbocycles. The number of aromatic nitrogens is 1. The Morgan fingerprint density at radius 2 is 2.33 bits per heavy atom. The molecule has 4 heteroatoms. The van der Waals surface area contributed by atoms with Gasteiger partial charge in [-0.05, 0) is 25.8 Å². The van der Waals surface area contributed by atoms with Crippen LogP contribution in [-0.4, -0.2) is 28.8 Å². The fraction of sp³-hybridized carbons (Fsp3) is 0.545. The van der Waals surface area contributed by atoms with Crippen LogP contribution in [0.2, 0.25) is 0 Å². The summed E-state index contributed by atoms with van der Waals surface area (Å²) in [4.78, 5) is 6.39. The van der Waals surface area contributed by atoms with E-state index in [4.69, 9.17) is 5.73 Å². The van der Waals surface area contributed by atoms with Gasteiger partial charge in [0.15, 0.2) is 0 Å². The summed E-state index contributed by atoms with van der Waals surface area (Å²) in [5.41, 5.74) is 6.98. The van der Waals surface area contributed by atoms with Crippen molar-refractivity contribution in [3.63, 3.8) is 0 Å². The summed E-state index contributed by atoms with van der Waals surface area (Å²) < 4.78 is 0. The maximum absolute atomic E-state index is 9.85. The van der Waals surface area contributed by atoms with Crippen LogP contribution in [-0.2, 0) is 0 Å². The molecule has 0 saturated carbocycles. The predicted molar refractivity (Wildman–Crippen MR) is 60.8 cm³/mol. The monoisotopic (exact) mass is 207 g/mol. The fourth-order valence-corrected chi connectivity index (χ4v) is 1.84. The van der Waals surface area contributed by atoms with Gasteiger partial charge in [0.2, 0.25) is 0 Å². The van der Waals surface area contributed by atoms with Crippen LogP contribution in [0, 0.1) is 6.92 Å². The Morgan fingerprint density at radius 3 is 2.87 bits per heavy atom. The third-order valence-electron chi connectivity index (χ3n) is 2.91. The molecule has 2 rings (SSSR count). The molecule has 1 aliphatic rings. The predicted octanol–water partition coefficient (Wildman–Crippen LogP) is 0.933. The first-order valence-corrected chi connectivity index (χ1v) is 5.17. The van der Waals surface area contributed by atoms with Crippen LogP contribution in [0.1, 0.15) is 18.9 Å². The van der Waals surface area contributed by atoms with Crippen molar-refractivity contribution in [3.8, 4) is 0 Å². The van der Waals surface area contributed by atoms with Crippen LogP contribution in [0.25, 0.3) is 0 Å². The normalized spacial score (nSPS) is 25.9. The van der Waals surface area contributed by atoms with E-state index in [-0.39, 0.29) is 0 Å². The molecule has 0 radical (unpaired) electrons. The molecule has 3 N–H and O–H groups in total. The zero-order valence-electron chi connectivity index (χ0n) is 9.20. The third-order valence-corrected chi connectivity index (χ3v) is 2.91. The second-order valence-electron chi connectivity index (χ2n) is 4.57. The van der Waals surface area contributed by atoms with E-state index in [0.29, 0.717) is 6.54 Å². The van der Waals surface area contributed by atoms with E-state index < -0.39 is 5.60 Å². The number of hydrogen-bond donors (Lipinski definition) is 2. The number of rotatable bonds is 1. The number of pyridine rings is 1. The van der Waals surface area contributed by atoms with Gasteiger partial charge in [0.05, 0.1) is 5.60 Å². The van der Waals surface area contributed by atoms with Crippen molar-refractivity contribution in [2.24, 2.45) is 0 Å². The maximum Gasteiger partial charge on any atom is 0.130 e. The number of nitrogens with two attached hydrogens (primary N) is 1. The molecule has 0 aromatic carbocycles. The number of anilines is 2. The molecule has 0 spiro atoms. The lowest BCUT2D eigenvalue weighted by Crippen LogP contribution is -2.30. The molecule has 2 heterocycles. The van der Waals surface area contributed by atoms with Gasteiger partial charge in [-0.2, -0.15) is 0 Å². The lowest BCUT2D eigenvalue weighted by atomic mass is 10.1. The van der Waals surface area contributed by atoms with E-state index in [0.717, 1.165) is 30.0 Å². The Labute approximate surface area is 89.7 Å². The standard InChI is InChI=1S/C11H17N3O/c1-8-6-13-10(5-9(8)12)14-4-3-11(2,15)7-14/h5-6,15H,3-4,7H2,1-2H3,(H2,12,13). The highest BCUT2D eigenvalue weighted by atomic mass is 16.3. The molecule has 1 aromatic heterocycles. The summed E-state index contributed by atoms with van der Waals surface area (Å²) in [6.07, 6.45) is 2.56. The first-order chi connectivity index (χ1) is 6.98. The Hall–Kier alpha value is -1.29. The first kappa shape index (κ1) is 10.2. The molecule has 82 valence electrons. The van der Waals surface area contributed by atoms with Crippen molar-refractivity contribution in [2.45, 2.75) is 25.9 Å². The van der Waals surface area contributed by atoms with Crippen LogP contribution < -0.4 is 10.6 Å². The summed E-state index contributed by atoms with van der Waals surface area (Å²) in [5.74, 6) is 0.857. The molecular weight excluding hydrogens is 190 g/mol. The minimum absolute atomic E-state index is 0.596. The highest BCUT2D eigenvalue weighted by molar-refractivity contribution is 5.55. The molecule has 0 bridgehead atoms. The summed E-state index contributed by atoms with van der Waals surface area (Å²) >= 11 is 0. The average Bonchev–Trinajstić information content (AvgIpc) is 2.51. The third kappa shape index (κ3) is 2.04. The molecule has 1 unspecified atom stereocenters. The van der Waals surface area contributed by atoms with E-state index in [2.05, 4.69) is 9.88 Å². The van der Waals surface area contributed by atoms with Crippen LogP contribution in [0.4, 0.5) is 11.5 Å². The highest BCUT2D eigenvalue weighted by Gasteiger charge is 2.31. The number of nitrogen functional groups attached to an aromatic ring is 1. The van der Waals surface area contributed by atoms with Crippen molar-refractivity contribution < 1.29 is 5.11 Å². The van der Waals surface area contributed by atoms with E-state index in [1.807, 2.05) is 19.9 Å². The molecule has 1 saturated heterocycles. The Morgan fingerprint density at radius 1 is 1.60 bits per heavy atom. The lowest BCUT2D eigenvalue weighted by molar-refractivity contribution is 0.0839. The fourth-order valence-electron chi connectivity index (χ4n) is 1.84. The Kier molecular flexibility index (Phi) is 2.31. The van der Waals surface area contributed by atoms with Gasteiger partial charge in [-0.1, -0.05) is 0 Å². The SMILES string of the molecule is Cc1cnc(N2CCC(C)(O)C2)cc1N. The zero-order chi connectivity index (χ0) is 11.1. The largest absolute Gasteiger partial charge is 0.398 e. The quantitative estimate of drug-likeness (QED) is 0.719. The van der Waals surface area contributed by atoms with Gasteiger partial charge in [0.25, 0.3) is 0 Å².